The van der Waals surface area contributed by atoms with Crippen LogP contribution in [0.4, 0.5) is 0 Å². The van der Waals surface area contributed by atoms with Gasteiger partial charge >= 0.3 is 11.9 Å². The molecule has 5 N–H and O–H groups in total. The van der Waals surface area contributed by atoms with Gasteiger partial charge in [0.1, 0.15) is 42.7 Å². The van der Waals surface area contributed by atoms with Gasteiger partial charge in [0.05, 0.1) is 12.7 Å². The molecule has 0 radical (unpaired) electrons. The van der Waals surface area contributed by atoms with Gasteiger partial charge in [0.15, 0.2) is 6.29 Å². The van der Waals surface area contributed by atoms with E-state index in [-0.39, 0.29) is 12.8 Å². The van der Waals surface area contributed by atoms with E-state index in [4.69, 9.17) is 18.9 Å². The molecule has 31 heavy (non-hydrogen) atoms. The molecule has 1 saturated heterocycles. The van der Waals surface area contributed by atoms with Crippen LogP contribution in [0.15, 0.2) is 24.3 Å². The van der Waals surface area contributed by atoms with E-state index in [0.29, 0.717) is 0 Å². The number of aliphatic hydroxyl groups is 5. The van der Waals surface area contributed by atoms with E-state index in [2.05, 4.69) is 0 Å². The van der Waals surface area contributed by atoms with Crippen LogP contribution in [-0.2, 0) is 28.5 Å². The molecule has 11 heteroatoms. The average Bonchev–Trinajstić information content (AvgIpc) is 2.69. The van der Waals surface area contributed by atoms with Crippen molar-refractivity contribution in [2.45, 2.75) is 81.8 Å². The van der Waals surface area contributed by atoms with E-state index < -0.39 is 73.7 Å². The fourth-order valence-corrected chi connectivity index (χ4v) is 3.17. The molecular weight excluding hydrogens is 416 g/mol. The summed E-state index contributed by atoms with van der Waals surface area (Å²) in [5.74, 6) is -1.35. The number of hydrogen-bond donors (Lipinski definition) is 5. The minimum absolute atomic E-state index is 0.0859. The van der Waals surface area contributed by atoms with Gasteiger partial charge in [-0.25, -0.2) is 9.59 Å². The highest BCUT2D eigenvalue weighted by molar-refractivity contribution is 5.82. The molecule has 9 atom stereocenters. The molecule has 0 saturated carbocycles. The molecule has 0 aromatic heterocycles. The van der Waals surface area contributed by atoms with Crippen LogP contribution in [0.5, 0.6) is 0 Å². The van der Waals surface area contributed by atoms with E-state index in [1.54, 1.807) is 13.8 Å². The summed E-state index contributed by atoms with van der Waals surface area (Å²) < 4.78 is 21.2. The minimum atomic E-state index is -1.70. The van der Waals surface area contributed by atoms with E-state index in [0.717, 1.165) is 6.08 Å². The Morgan fingerprint density at radius 2 is 1.61 bits per heavy atom. The molecular formula is C20H30O11. The van der Waals surface area contributed by atoms with Crippen LogP contribution >= 0.6 is 0 Å². The van der Waals surface area contributed by atoms with Gasteiger partial charge in [-0.3, -0.25) is 0 Å². The molecule has 2 aliphatic rings. The van der Waals surface area contributed by atoms with Gasteiger partial charge in [0.25, 0.3) is 0 Å². The monoisotopic (exact) mass is 446 g/mol. The Bertz CT molecular complexity index is 662. The van der Waals surface area contributed by atoms with Crippen LogP contribution in [0.2, 0.25) is 0 Å². The number of rotatable bonds is 3. The maximum atomic E-state index is 12.0. The zero-order valence-corrected chi connectivity index (χ0v) is 17.3. The van der Waals surface area contributed by atoms with E-state index in [1.807, 2.05) is 0 Å². The third-order valence-electron chi connectivity index (χ3n) is 4.87. The van der Waals surface area contributed by atoms with Gasteiger partial charge in [-0.2, -0.15) is 0 Å². The molecule has 176 valence electrons. The molecule has 0 aliphatic carbocycles. The highest BCUT2D eigenvalue weighted by atomic mass is 16.7. The second-order valence-corrected chi connectivity index (χ2v) is 7.59. The summed E-state index contributed by atoms with van der Waals surface area (Å²) in [6.07, 6.45) is -6.33. The van der Waals surface area contributed by atoms with E-state index in [1.165, 1.54) is 18.2 Å². The predicted molar refractivity (Wildman–Crippen MR) is 103 cm³/mol. The standard InChI is InChI=1S/C20H30O11/c1-10-4-3-5-15(23)29-11(2)8-12(22)13(6-7-16(24)28-10)30-20-19(27)18(26)17(25)14(9-21)31-20/h3,5-7,10-14,17-22,25-27H,4,8-9H2,1-2H3/b5-3+,7-6+/t10-,11+,12+,13+,14+,17+,18-,19+,20-/m0/s1. The second kappa shape index (κ2) is 11.7. The fraction of sp³-hybridized carbons (Fsp3) is 0.700. The van der Waals surface area contributed by atoms with Crippen molar-refractivity contribution in [3.63, 3.8) is 0 Å². The lowest BCUT2D eigenvalue weighted by Gasteiger charge is -2.41. The predicted octanol–water partition coefficient (Wildman–Crippen LogP) is -1.70. The Kier molecular flexibility index (Phi) is 9.56. The van der Waals surface area contributed by atoms with Crippen molar-refractivity contribution in [1.29, 1.82) is 0 Å². The highest BCUT2D eigenvalue weighted by Gasteiger charge is 2.45. The third-order valence-corrected chi connectivity index (χ3v) is 4.87. The second-order valence-electron chi connectivity index (χ2n) is 7.59. The summed E-state index contributed by atoms with van der Waals surface area (Å²) in [4.78, 5) is 23.9. The quantitative estimate of drug-likeness (QED) is 0.313. The van der Waals surface area contributed by atoms with Crippen molar-refractivity contribution in [3.05, 3.63) is 24.3 Å². The molecule has 1 fully saturated rings. The molecule has 0 aromatic rings. The summed E-state index contributed by atoms with van der Waals surface area (Å²) in [6.45, 7) is 2.54. The Labute approximate surface area is 179 Å². The molecule has 11 nitrogen and oxygen atoms in total. The van der Waals surface area contributed by atoms with E-state index in [9.17, 15) is 35.1 Å². The summed E-state index contributed by atoms with van der Waals surface area (Å²) in [5.41, 5.74) is 0. The van der Waals surface area contributed by atoms with E-state index >= 15 is 0 Å². The van der Waals surface area contributed by atoms with Crippen molar-refractivity contribution in [2.75, 3.05) is 6.61 Å². The number of carbonyl (C=O) groups is 2. The normalized spacial score (nSPS) is 42.7. The van der Waals surface area contributed by atoms with Crippen LogP contribution in [-0.4, -0.2) is 99.2 Å². The molecule has 0 bridgehead atoms. The Morgan fingerprint density at radius 1 is 0.968 bits per heavy atom. The summed E-state index contributed by atoms with van der Waals surface area (Å²) in [6, 6.07) is 0. The van der Waals surface area contributed by atoms with Gasteiger partial charge in [0, 0.05) is 25.0 Å². The van der Waals surface area contributed by atoms with Crippen LogP contribution < -0.4 is 0 Å². The number of aliphatic hydroxyl groups excluding tert-OH is 5. The van der Waals surface area contributed by atoms with Crippen LogP contribution in [0.25, 0.3) is 0 Å². The minimum Gasteiger partial charge on any atom is -0.459 e. The first-order valence-corrected chi connectivity index (χ1v) is 10.0. The lowest BCUT2D eigenvalue weighted by Crippen LogP contribution is -2.60. The van der Waals surface area contributed by atoms with Gasteiger partial charge in [-0.15, -0.1) is 0 Å². The molecule has 0 amide bonds. The first kappa shape index (κ1) is 25.4. The van der Waals surface area contributed by atoms with Gasteiger partial charge in [-0.1, -0.05) is 6.08 Å². The molecule has 0 aromatic carbocycles. The number of hydrogen-bond acceptors (Lipinski definition) is 11. The molecule has 2 heterocycles. The van der Waals surface area contributed by atoms with Gasteiger partial charge in [-0.05, 0) is 19.9 Å². The summed E-state index contributed by atoms with van der Waals surface area (Å²) in [5, 5.41) is 49.9. The number of carbonyl (C=O) groups excluding carboxylic acids is 2. The zero-order valence-electron chi connectivity index (χ0n) is 17.3. The van der Waals surface area contributed by atoms with Gasteiger partial charge < -0.3 is 44.5 Å². The SMILES string of the molecule is C[C@@H]1C[C@@H](O)[C@H](O[C@H]2O[C@H](CO)[C@@H](O)[C@H](O)[C@H]2O)/C=C/C(=O)O[C@@H](C)C/C=C/C(=O)O1. The summed E-state index contributed by atoms with van der Waals surface area (Å²) in [7, 11) is 0. The average molecular weight is 446 g/mol. The summed E-state index contributed by atoms with van der Waals surface area (Å²) >= 11 is 0. The smallest absolute Gasteiger partial charge is 0.330 e. The highest BCUT2D eigenvalue weighted by Crippen LogP contribution is 2.25. The van der Waals surface area contributed by atoms with Gasteiger partial charge in [0.2, 0.25) is 0 Å². The van der Waals surface area contributed by atoms with Crippen LogP contribution in [0.3, 0.4) is 0 Å². The maximum absolute atomic E-state index is 12.0. The first-order chi connectivity index (χ1) is 14.6. The van der Waals surface area contributed by atoms with Crippen LogP contribution in [0, 0.1) is 0 Å². The lowest BCUT2D eigenvalue weighted by molar-refractivity contribution is -0.312. The van der Waals surface area contributed by atoms with Crippen molar-refractivity contribution in [3.8, 4) is 0 Å². The largest absolute Gasteiger partial charge is 0.459 e. The molecule has 0 unspecified atom stereocenters. The molecule has 2 aliphatic heterocycles. The van der Waals surface area contributed by atoms with Crippen molar-refractivity contribution in [1.82, 2.24) is 0 Å². The van der Waals surface area contributed by atoms with Crippen molar-refractivity contribution in [2.24, 2.45) is 0 Å². The fourth-order valence-electron chi connectivity index (χ4n) is 3.17. The third kappa shape index (κ3) is 7.35. The number of cyclic esters (lactones) is 2. The maximum Gasteiger partial charge on any atom is 0.330 e. The Hall–Kier alpha value is -1.86. The zero-order chi connectivity index (χ0) is 23.1. The van der Waals surface area contributed by atoms with Crippen LogP contribution in [0.1, 0.15) is 26.7 Å². The van der Waals surface area contributed by atoms with Crippen molar-refractivity contribution < 1.29 is 54.1 Å². The number of ether oxygens (including phenoxy) is 4. The Balaban J connectivity index is 2.21. The number of esters is 2. The van der Waals surface area contributed by atoms with Crippen molar-refractivity contribution >= 4 is 11.9 Å². The first-order valence-electron chi connectivity index (χ1n) is 10.0. The topological polar surface area (TPSA) is 172 Å². The Morgan fingerprint density at radius 3 is 2.29 bits per heavy atom. The molecule has 2 rings (SSSR count). The lowest BCUT2D eigenvalue weighted by atomic mass is 9.99. The molecule has 0 spiro atoms.